The molecule has 0 saturated carbocycles. The molecule has 2 aromatic rings. The van der Waals surface area contributed by atoms with E-state index in [2.05, 4.69) is 5.32 Å². The number of halogens is 4. The van der Waals surface area contributed by atoms with E-state index in [4.69, 9.17) is 11.6 Å². The Morgan fingerprint density at radius 2 is 1.70 bits per heavy atom. The number of carbonyl (C=O) groups is 1. The first kappa shape index (κ1) is 21.1. The summed E-state index contributed by atoms with van der Waals surface area (Å²) in [7, 11) is 0. The van der Waals surface area contributed by atoms with Crippen LogP contribution in [0.1, 0.15) is 42.6 Å². The molecule has 0 atom stereocenters. The molecular formula is C20H22ClF3N2O. The number of rotatable bonds is 7. The first-order valence-corrected chi connectivity index (χ1v) is 9.17. The predicted molar refractivity (Wildman–Crippen MR) is 104 cm³/mol. The Balaban J connectivity index is 2.46. The van der Waals surface area contributed by atoms with Crippen molar-refractivity contribution in [2.45, 2.75) is 32.9 Å². The van der Waals surface area contributed by atoms with Crippen molar-refractivity contribution in [2.75, 3.05) is 23.3 Å². The summed E-state index contributed by atoms with van der Waals surface area (Å²) in [4.78, 5) is 14.6. The minimum atomic E-state index is -4.50. The Hall–Kier alpha value is -2.21. The van der Waals surface area contributed by atoms with E-state index >= 15 is 0 Å². The van der Waals surface area contributed by atoms with Crippen LogP contribution < -0.4 is 10.2 Å². The summed E-state index contributed by atoms with van der Waals surface area (Å²) in [6.45, 7) is 5.34. The van der Waals surface area contributed by atoms with Crippen LogP contribution in [0.4, 0.5) is 24.5 Å². The second kappa shape index (κ2) is 9.13. The van der Waals surface area contributed by atoms with E-state index in [-0.39, 0.29) is 16.3 Å². The van der Waals surface area contributed by atoms with Crippen molar-refractivity contribution in [1.82, 2.24) is 0 Å². The second-order valence-corrected chi connectivity index (χ2v) is 6.56. The fourth-order valence-corrected chi connectivity index (χ4v) is 3.04. The van der Waals surface area contributed by atoms with Crippen LogP contribution in [-0.4, -0.2) is 19.0 Å². The number of hydrogen-bond donors (Lipinski definition) is 1. The molecule has 0 aliphatic rings. The molecule has 27 heavy (non-hydrogen) atoms. The van der Waals surface area contributed by atoms with Crippen LogP contribution in [0.25, 0.3) is 0 Å². The van der Waals surface area contributed by atoms with Crippen molar-refractivity contribution in [2.24, 2.45) is 0 Å². The van der Waals surface area contributed by atoms with E-state index < -0.39 is 17.6 Å². The van der Waals surface area contributed by atoms with Gasteiger partial charge in [0.05, 0.1) is 27.5 Å². The summed E-state index contributed by atoms with van der Waals surface area (Å²) in [5, 5.41) is 2.85. The average Bonchev–Trinajstić information content (AvgIpc) is 2.61. The van der Waals surface area contributed by atoms with Crippen molar-refractivity contribution < 1.29 is 18.0 Å². The third-order valence-corrected chi connectivity index (χ3v) is 4.35. The van der Waals surface area contributed by atoms with Gasteiger partial charge in [0.1, 0.15) is 0 Å². The molecule has 2 rings (SSSR count). The zero-order chi connectivity index (χ0) is 20.0. The van der Waals surface area contributed by atoms with Gasteiger partial charge in [-0.05, 0) is 43.2 Å². The van der Waals surface area contributed by atoms with Gasteiger partial charge in [-0.15, -0.1) is 0 Å². The van der Waals surface area contributed by atoms with Crippen molar-refractivity contribution in [3.05, 3.63) is 58.6 Å². The number of nitrogens with one attached hydrogen (secondary N) is 1. The van der Waals surface area contributed by atoms with Gasteiger partial charge in [0.2, 0.25) is 0 Å². The SMILES string of the molecule is CCCN(CCC)c1ccc(C(F)(F)F)cc1NC(=O)c1ccccc1Cl. The molecule has 0 aromatic heterocycles. The number of amides is 1. The Morgan fingerprint density at radius 3 is 2.26 bits per heavy atom. The van der Waals surface area contributed by atoms with Gasteiger partial charge < -0.3 is 10.2 Å². The van der Waals surface area contributed by atoms with Gasteiger partial charge in [0.15, 0.2) is 0 Å². The number of nitrogens with zero attached hydrogens (tertiary/aromatic N) is 1. The lowest BCUT2D eigenvalue weighted by atomic mass is 10.1. The summed E-state index contributed by atoms with van der Waals surface area (Å²) >= 11 is 6.04. The molecule has 146 valence electrons. The zero-order valence-corrected chi connectivity index (χ0v) is 16.0. The fourth-order valence-electron chi connectivity index (χ4n) is 2.82. The van der Waals surface area contributed by atoms with Gasteiger partial charge in [-0.1, -0.05) is 37.6 Å². The minimum Gasteiger partial charge on any atom is -0.370 e. The fraction of sp³-hybridized carbons (Fsp3) is 0.350. The Kier molecular flexibility index (Phi) is 7.13. The lowest BCUT2D eigenvalue weighted by Gasteiger charge is -2.27. The third kappa shape index (κ3) is 5.39. The van der Waals surface area contributed by atoms with Gasteiger partial charge >= 0.3 is 6.18 Å². The summed E-state index contributed by atoms with van der Waals surface area (Å²) in [6.07, 6.45) is -2.83. The average molecular weight is 399 g/mol. The van der Waals surface area contributed by atoms with Crippen LogP contribution in [0, 0.1) is 0 Å². The highest BCUT2D eigenvalue weighted by atomic mass is 35.5. The molecule has 3 nitrogen and oxygen atoms in total. The van der Waals surface area contributed by atoms with E-state index in [1.165, 1.54) is 12.1 Å². The smallest absolute Gasteiger partial charge is 0.370 e. The highest BCUT2D eigenvalue weighted by molar-refractivity contribution is 6.34. The maximum atomic E-state index is 13.2. The molecule has 0 saturated heterocycles. The van der Waals surface area contributed by atoms with Crippen molar-refractivity contribution in [3.8, 4) is 0 Å². The van der Waals surface area contributed by atoms with Crippen molar-refractivity contribution in [3.63, 3.8) is 0 Å². The molecule has 0 spiro atoms. The van der Waals surface area contributed by atoms with Crippen LogP contribution in [-0.2, 0) is 6.18 Å². The molecule has 0 bridgehead atoms. The van der Waals surface area contributed by atoms with Gasteiger partial charge in [0, 0.05) is 13.1 Å². The highest BCUT2D eigenvalue weighted by Gasteiger charge is 2.31. The number of carbonyl (C=O) groups excluding carboxylic acids is 1. The minimum absolute atomic E-state index is 0.122. The third-order valence-electron chi connectivity index (χ3n) is 4.02. The quantitative estimate of drug-likeness (QED) is 0.598. The van der Waals surface area contributed by atoms with Gasteiger partial charge in [-0.25, -0.2) is 0 Å². The maximum absolute atomic E-state index is 13.2. The first-order chi connectivity index (χ1) is 12.8. The van der Waals surface area contributed by atoms with Crippen LogP contribution in [0.15, 0.2) is 42.5 Å². The van der Waals surface area contributed by atoms with Crippen molar-refractivity contribution in [1.29, 1.82) is 0 Å². The summed E-state index contributed by atoms with van der Waals surface area (Å²) < 4.78 is 39.5. The Labute approximate surface area is 162 Å². The maximum Gasteiger partial charge on any atom is 0.416 e. The molecule has 0 radical (unpaired) electrons. The lowest BCUT2D eigenvalue weighted by molar-refractivity contribution is -0.137. The molecule has 0 fully saturated rings. The summed E-state index contributed by atoms with van der Waals surface area (Å²) in [6, 6.07) is 9.84. The monoisotopic (exact) mass is 398 g/mol. The lowest BCUT2D eigenvalue weighted by Crippen LogP contribution is -2.27. The zero-order valence-electron chi connectivity index (χ0n) is 15.2. The van der Waals surface area contributed by atoms with Crippen LogP contribution in [0.3, 0.4) is 0 Å². The second-order valence-electron chi connectivity index (χ2n) is 6.15. The van der Waals surface area contributed by atoms with Crippen molar-refractivity contribution >= 4 is 28.9 Å². The van der Waals surface area contributed by atoms with E-state index in [1.54, 1.807) is 18.2 Å². The first-order valence-electron chi connectivity index (χ1n) is 8.80. The van der Waals surface area contributed by atoms with E-state index in [1.807, 2.05) is 18.7 Å². The number of benzene rings is 2. The molecule has 7 heteroatoms. The molecule has 1 amide bonds. The van der Waals surface area contributed by atoms with E-state index in [9.17, 15) is 18.0 Å². The van der Waals surface area contributed by atoms with Gasteiger partial charge in [0.25, 0.3) is 5.91 Å². The molecule has 0 heterocycles. The van der Waals surface area contributed by atoms with E-state index in [0.29, 0.717) is 18.8 Å². The van der Waals surface area contributed by atoms with E-state index in [0.717, 1.165) is 25.0 Å². The largest absolute Gasteiger partial charge is 0.416 e. The normalized spacial score (nSPS) is 11.3. The standard InChI is InChI=1S/C20H22ClF3N2O/c1-3-11-26(12-4-2)18-10-9-14(20(22,23)24)13-17(18)25-19(27)15-7-5-6-8-16(15)21/h5-10,13H,3-4,11-12H2,1-2H3,(H,25,27). The summed E-state index contributed by atoms with van der Waals surface area (Å²) in [5.41, 5.74) is 0.0810. The molecular weight excluding hydrogens is 377 g/mol. The van der Waals surface area contributed by atoms with Crippen LogP contribution in [0.5, 0.6) is 0 Å². The van der Waals surface area contributed by atoms with Crippen LogP contribution in [0.2, 0.25) is 5.02 Å². The molecule has 0 aliphatic carbocycles. The molecule has 1 N–H and O–H groups in total. The van der Waals surface area contributed by atoms with Gasteiger partial charge in [-0.3, -0.25) is 4.79 Å². The number of anilines is 2. The Bertz CT molecular complexity index is 787. The molecule has 2 aromatic carbocycles. The predicted octanol–water partition coefficient (Wildman–Crippen LogP) is 6.24. The Morgan fingerprint density at radius 1 is 1.07 bits per heavy atom. The topological polar surface area (TPSA) is 32.3 Å². The highest BCUT2D eigenvalue weighted by Crippen LogP contribution is 2.36. The number of hydrogen-bond acceptors (Lipinski definition) is 2. The molecule has 0 aliphatic heterocycles. The van der Waals surface area contributed by atoms with Crippen LogP contribution >= 0.6 is 11.6 Å². The van der Waals surface area contributed by atoms with Gasteiger partial charge in [-0.2, -0.15) is 13.2 Å². The number of alkyl halides is 3. The molecule has 0 unspecified atom stereocenters. The summed E-state index contributed by atoms with van der Waals surface area (Å²) in [5.74, 6) is -0.547.